The number of hydrogen-bond acceptors (Lipinski definition) is 2. The van der Waals surface area contributed by atoms with E-state index < -0.39 is 0 Å². The van der Waals surface area contributed by atoms with Crippen LogP contribution in [0.4, 0.5) is 5.69 Å². The van der Waals surface area contributed by atoms with E-state index in [4.69, 9.17) is 11.6 Å². The van der Waals surface area contributed by atoms with Crippen molar-refractivity contribution >= 4 is 53.1 Å². The lowest BCUT2D eigenvalue weighted by Crippen LogP contribution is -2.38. The van der Waals surface area contributed by atoms with Crippen molar-refractivity contribution in [1.29, 1.82) is 0 Å². The zero-order valence-electron chi connectivity index (χ0n) is 16.3. The molecule has 5 nitrogen and oxygen atoms in total. The molecule has 0 fully saturated rings. The maximum atomic E-state index is 11.1. The molecular weight excluding hydrogens is 487 g/mol. The Bertz CT molecular complexity index is 765. The fourth-order valence-corrected chi connectivity index (χ4v) is 2.83. The van der Waals surface area contributed by atoms with Gasteiger partial charge in [-0.25, -0.2) is 0 Å². The summed E-state index contributed by atoms with van der Waals surface area (Å²) in [6, 6.07) is 15.8. The van der Waals surface area contributed by atoms with E-state index >= 15 is 0 Å². The summed E-state index contributed by atoms with van der Waals surface area (Å²) in [6.07, 6.45) is 1.72. The third-order valence-corrected chi connectivity index (χ3v) is 4.12. The molecule has 152 valence electrons. The molecule has 0 saturated carbocycles. The van der Waals surface area contributed by atoms with Crippen LogP contribution in [-0.4, -0.2) is 31.5 Å². The maximum Gasteiger partial charge on any atom is 0.221 e. The van der Waals surface area contributed by atoms with E-state index in [9.17, 15) is 4.79 Å². The molecule has 0 atom stereocenters. The molecule has 0 bridgehead atoms. The molecule has 0 aliphatic carbocycles. The lowest BCUT2D eigenvalue weighted by Gasteiger charge is -2.11. The molecule has 1 amide bonds. The Kier molecular flexibility index (Phi) is 11.6. The van der Waals surface area contributed by atoms with Gasteiger partial charge in [-0.05, 0) is 55.2 Å². The molecule has 2 rings (SSSR count). The van der Waals surface area contributed by atoms with Gasteiger partial charge in [0.2, 0.25) is 5.91 Å². The molecule has 2 aromatic rings. The van der Waals surface area contributed by atoms with Crippen molar-refractivity contribution in [3.8, 4) is 0 Å². The van der Waals surface area contributed by atoms with Crippen LogP contribution in [0, 0.1) is 0 Å². The second-order valence-corrected chi connectivity index (χ2v) is 6.63. The summed E-state index contributed by atoms with van der Waals surface area (Å²) >= 11 is 6.02. The second kappa shape index (κ2) is 13.4. The van der Waals surface area contributed by atoms with Gasteiger partial charge in [0.15, 0.2) is 5.96 Å². The lowest BCUT2D eigenvalue weighted by molar-refractivity contribution is -0.114. The van der Waals surface area contributed by atoms with Crippen LogP contribution >= 0.6 is 35.6 Å². The monoisotopic (exact) mass is 514 g/mol. The van der Waals surface area contributed by atoms with Crippen LogP contribution in [0.2, 0.25) is 5.02 Å². The number of carbonyl (C=O) groups excluding carboxylic acids is 1. The third-order valence-electron chi connectivity index (χ3n) is 3.88. The molecule has 3 N–H and O–H groups in total. The first kappa shape index (κ1) is 24.2. The van der Waals surface area contributed by atoms with Gasteiger partial charge in [0.25, 0.3) is 0 Å². The van der Waals surface area contributed by atoms with Crippen molar-refractivity contribution in [2.24, 2.45) is 4.99 Å². The van der Waals surface area contributed by atoms with E-state index in [1.807, 2.05) is 42.5 Å². The molecule has 0 aliphatic rings. The Labute approximate surface area is 189 Å². The summed E-state index contributed by atoms with van der Waals surface area (Å²) in [7, 11) is 0. The molecular formula is C21H28ClIN4O. The molecule has 0 aromatic heterocycles. The van der Waals surface area contributed by atoms with Crippen LogP contribution in [0.5, 0.6) is 0 Å². The van der Waals surface area contributed by atoms with Crippen molar-refractivity contribution in [2.75, 3.05) is 25.0 Å². The number of nitrogens with one attached hydrogen (secondary N) is 3. The minimum Gasteiger partial charge on any atom is -0.357 e. The number of carbonyl (C=O) groups is 1. The van der Waals surface area contributed by atoms with E-state index in [2.05, 4.69) is 33.9 Å². The minimum absolute atomic E-state index is 0. The van der Waals surface area contributed by atoms with E-state index in [0.29, 0.717) is 6.54 Å². The van der Waals surface area contributed by atoms with Crippen LogP contribution in [0.25, 0.3) is 0 Å². The largest absolute Gasteiger partial charge is 0.357 e. The number of anilines is 1. The SMILES string of the molecule is CCNC(=NCCc1ccc(NC(C)=O)cc1)NCCc1cccc(Cl)c1.I. The Hall–Kier alpha value is -1.80. The van der Waals surface area contributed by atoms with Gasteiger partial charge in [0.05, 0.1) is 0 Å². The highest BCUT2D eigenvalue weighted by atomic mass is 127. The summed E-state index contributed by atoms with van der Waals surface area (Å²) in [5.74, 6) is 0.751. The van der Waals surface area contributed by atoms with Gasteiger partial charge < -0.3 is 16.0 Å². The minimum atomic E-state index is -0.0634. The number of aliphatic imine (C=N–C) groups is 1. The normalized spacial score (nSPS) is 10.8. The first-order chi connectivity index (χ1) is 13.1. The number of halogens is 2. The van der Waals surface area contributed by atoms with Gasteiger partial charge in [-0.3, -0.25) is 9.79 Å². The predicted molar refractivity (Wildman–Crippen MR) is 129 cm³/mol. The van der Waals surface area contributed by atoms with Crippen molar-refractivity contribution in [3.63, 3.8) is 0 Å². The molecule has 0 aliphatic heterocycles. The van der Waals surface area contributed by atoms with Crippen molar-refractivity contribution in [1.82, 2.24) is 10.6 Å². The van der Waals surface area contributed by atoms with Crippen LogP contribution in [0.3, 0.4) is 0 Å². The zero-order chi connectivity index (χ0) is 19.5. The highest BCUT2D eigenvalue weighted by Crippen LogP contribution is 2.11. The average Bonchev–Trinajstić information content (AvgIpc) is 2.63. The van der Waals surface area contributed by atoms with Crippen molar-refractivity contribution in [2.45, 2.75) is 26.7 Å². The first-order valence-corrected chi connectivity index (χ1v) is 9.57. The quantitative estimate of drug-likeness (QED) is 0.280. The highest BCUT2D eigenvalue weighted by molar-refractivity contribution is 14.0. The smallest absolute Gasteiger partial charge is 0.221 e. The van der Waals surface area contributed by atoms with Crippen LogP contribution in [0.1, 0.15) is 25.0 Å². The van der Waals surface area contributed by atoms with Crippen LogP contribution < -0.4 is 16.0 Å². The summed E-state index contributed by atoms with van der Waals surface area (Å²) in [5, 5.41) is 10.1. The Balaban J connectivity index is 0.00000392. The topological polar surface area (TPSA) is 65.5 Å². The third kappa shape index (κ3) is 9.41. The standard InChI is InChI=1S/C21H27ClN4O.HI/c1-3-23-21(25-14-12-18-5-4-6-19(22)15-18)24-13-11-17-7-9-20(10-8-17)26-16(2)27;/h4-10,15H,3,11-14H2,1-2H3,(H,26,27)(H2,23,24,25);1H. The molecule has 2 aromatic carbocycles. The Morgan fingerprint density at radius 3 is 2.43 bits per heavy atom. The van der Waals surface area contributed by atoms with Crippen molar-refractivity contribution in [3.05, 3.63) is 64.7 Å². The predicted octanol–water partition coefficient (Wildman–Crippen LogP) is 4.26. The molecule has 28 heavy (non-hydrogen) atoms. The van der Waals surface area contributed by atoms with Gasteiger partial charge in [-0.15, -0.1) is 24.0 Å². The summed E-state index contributed by atoms with van der Waals surface area (Å²) in [5.41, 5.74) is 3.19. The summed E-state index contributed by atoms with van der Waals surface area (Å²) in [4.78, 5) is 15.7. The van der Waals surface area contributed by atoms with E-state index in [0.717, 1.165) is 42.6 Å². The molecule has 0 spiro atoms. The number of nitrogens with zero attached hydrogens (tertiary/aromatic N) is 1. The van der Waals surface area contributed by atoms with Crippen molar-refractivity contribution < 1.29 is 4.79 Å². The highest BCUT2D eigenvalue weighted by Gasteiger charge is 2.00. The second-order valence-electron chi connectivity index (χ2n) is 6.20. The summed E-state index contributed by atoms with van der Waals surface area (Å²) in [6.45, 7) is 5.84. The lowest BCUT2D eigenvalue weighted by atomic mass is 10.1. The Morgan fingerprint density at radius 2 is 1.79 bits per heavy atom. The fraction of sp³-hybridized carbons (Fsp3) is 0.333. The molecule has 0 heterocycles. The summed E-state index contributed by atoms with van der Waals surface area (Å²) < 4.78 is 0. The average molecular weight is 515 g/mol. The number of rotatable bonds is 8. The van der Waals surface area contributed by atoms with Gasteiger partial charge in [0.1, 0.15) is 0 Å². The number of benzene rings is 2. The van der Waals surface area contributed by atoms with E-state index in [1.165, 1.54) is 18.1 Å². The molecule has 0 radical (unpaired) electrons. The number of guanidine groups is 1. The van der Waals surface area contributed by atoms with Gasteiger partial charge in [-0.2, -0.15) is 0 Å². The van der Waals surface area contributed by atoms with Gasteiger partial charge in [0, 0.05) is 37.3 Å². The van der Waals surface area contributed by atoms with Gasteiger partial charge in [-0.1, -0.05) is 35.9 Å². The molecule has 0 saturated heterocycles. The van der Waals surface area contributed by atoms with E-state index in [1.54, 1.807) is 0 Å². The van der Waals surface area contributed by atoms with Crippen LogP contribution in [0.15, 0.2) is 53.5 Å². The Morgan fingerprint density at radius 1 is 1.04 bits per heavy atom. The van der Waals surface area contributed by atoms with Gasteiger partial charge >= 0.3 is 0 Å². The fourth-order valence-electron chi connectivity index (χ4n) is 2.61. The van der Waals surface area contributed by atoms with E-state index in [-0.39, 0.29) is 29.9 Å². The molecule has 0 unspecified atom stereocenters. The first-order valence-electron chi connectivity index (χ1n) is 9.20. The molecule has 7 heteroatoms. The number of hydrogen-bond donors (Lipinski definition) is 3. The van der Waals surface area contributed by atoms with Crippen LogP contribution in [-0.2, 0) is 17.6 Å². The maximum absolute atomic E-state index is 11.1. The number of amides is 1. The zero-order valence-corrected chi connectivity index (χ0v) is 19.4.